The molecule has 0 nitrogen and oxygen atoms in total. The van der Waals surface area contributed by atoms with Crippen molar-refractivity contribution in [1.82, 2.24) is 0 Å². The fourth-order valence-corrected chi connectivity index (χ4v) is 3.85. The van der Waals surface area contributed by atoms with Crippen LogP contribution in [0.3, 0.4) is 0 Å². The van der Waals surface area contributed by atoms with E-state index in [4.69, 9.17) is 11.6 Å². The summed E-state index contributed by atoms with van der Waals surface area (Å²) in [6, 6.07) is 7.63. The summed E-state index contributed by atoms with van der Waals surface area (Å²) >= 11 is 9.49. The first kappa shape index (κ1) is 16.2. The van der Waals surface area contributed by atoms with Gasteiger partial charge in [-0.1, -0.05) is 39.7 Å². The third-order valence-electron chi connectivity index (χ3n) is 4.09. The minimum atomic E-state index is -4.02. The first-order valence-electron chi connectivity index (χ1n) is 6.81. The third-order valence-corrected chi connectivity index (χ3v) is 5.41. The summed E-state index contributed by atoms with van der Waals surface area (Å²) in [6.45, 7) is 0. The van der Waals surface area contributed by atoms with Gasteiger partial charge < -0.3 is 0 Å². The predicted octanol–water partition coefficient (Wildman–Crippen LogP) is 6.01. The minimum absolute atomic E-state index is 0.234. The lowest BCUT2D eigenvalue weighted by Crippen LogP contribution is -2.30. The Hall–Kier alpha value is -0.220. The Morgan fingerprint density at radius 1 is 1.10 bits per heavy atom. The molecule has 1 aromatic carbocycles. The van der Waals surface area contributed by atoms with Crippen molar-refractivity contribution in [3.8, 4) is 0 Å². The molecule has 0 radical (unpaired) electrons. The Morgan fingerprint density at radius 2 is 1.65 bits per heavy atom. The molecule has 0 saturated heterocycles. The van der Waals surface area contributed by atoms with Gasteiger partial charge in [0.1, 0.15) is 0 Å². The van der Waals surface area contributed by atoms with Crippen LogP contribution < -0.4 is 0 Å². The lowest BCUT2D eigenvalue weighted by atomic mass is 9.79. The molecule has 1 aliphatic carbocycles. The van der Waals surface area contributed by atoms with E-state index in [1.807, 2.05) is 24.3 Å². The van der Waals surface area contributed by atoms with Crippen LogP contribution >= 0.6 is 27.5 Å². The number of halogens is 5. The van der Waals surface area contributed by atoms with Crippen LogP contribution in [0.4, 0.5) is 13.2 Å². The zero-order valence-corrected chi connectivity index (χ0v) is 13.3. The standard InChI is InChI=1S/C15H17BrClF3/c16-14(9-10-1-7-13(17)8-2-10)11-3-5-12(6-4-11)15(18,19)20/h1-2,7-8,11-12,14H,3-6,9H2. The molecule has 1 saturated carbocycles. The highest BCUT2D eigenvalue weighted by molar-refractivity contribution is 9.09. The first-order valence-corrected chi connectivity index (χ1v) is 8.11. The number of benzene rings is 1. The Morgan fingerprint density at radius 3 is 2.15 bits per heavy atom. The van der Waals surface area contributed by atoms with Gasteiger partial charge in [0.2, 0.25) is 0 Å². The molecule has 2 rings (SSSR count). The van der Waals surface area contributed by atoms with E-state index in [-0.39, 0.29) is 17.7 Å². The van der Waals surface area contributed by atoms with E-state index >= 15 is 0 Å². The largest absolute Gasteiger partial charge is 0.391 e. The van der Waals surface area contributed by atoms with Crippen LogP contribution in [0.1, 0.15) is 31.2 Å². The topological polar surface area (TPSA) is 0 Å². The lowest BCUT2D eigenvalue weighted by Gasteiger charge is -2.32. The van der Waals surface area contributed by atoms with Gasteiger partial charge in [-0.3, -0.25) is 0 Å². The number of alkyl halides is 4. The zero-order valence-electron chi connectivity index (χ0n) is 11.0. The van der Waals surface area contributed by atoms with Crippen LogP contribution in [-0.4, -0.2) is 11.0 Å². The summed E-state index contributed by atoms with van der Waals surface area (Å²) in [5, 5.41) is 0.700. The molecule has 0 aromatic heterocycles. The van der Waals surface area contributed by atoms with Crippen LogP contribution in [0.2, 0.25) is 5.02 Å². The van der Waals surface area contributed by atoms with Gasteiger partial charge in [-0.15, -0.1) is 0 Å². The van der Waals surface area contributed by atoms with E-state index < -0.39 is 12.1 Å². The van der Waals surface area contributed by atoms with Crippen molar-refractivity contribution in [2.45, 2.75) is 43.1 Å². The van der Waals surface area contributed by atoms with Crippen molar-refractivity contribution in [3.05, 3.63) is 34.9 Å². The molecule has 1 fully saturated rings. The minimum Gasteiger partial charge on any atom is -0.171 e. The molecule has 20 heavy (non-hydrogen) atoms. The van der Waals surface area contributed by atoms with Gasteiger partial charge in [-0.25, -0.2) is 0 Å². The first-order chi connectivity index (χ1) is 9.36. The van der Waals surface area contributed by atoms with E-state index in [1.54, 1.807) is 0 Å². The molecule has 0 spiro atoms. The van der Waals surface area contributed by atoms with Crippen LogP contribution in [-0.2, 0) is 6.42 Å². The van der Waals surface area contributed by atoms with Crippen molar-refractivity contribution >= 4 is 27.5 Å². The average molecular weight is 370 g/mol. The molecule has 1 atom stereocenters. The lowest BCUT2D eigenvalue weighted by molar-refractivity contribution is -0.183. The maximum atomic E-state index is 12.6. The third kappa shape index (κ3) is 4.39. The van der Waals surface area contributed by atoms with Crippen molar-refractivity contribution in [3.63, 3.8) is 0 Å². The van der Waals surface area contributed by atoms with Gasteiger partial charge in [0.25, 0.3) is 0 Å². The second-order valence-electron chi connectivity index (χ2n) is 5.50. The molecule has 112 valence electrons. The van der Waals surface area contributed by atoms with Gasteiger partial charge in [-0.2, -0.15) is 13.2 Å². The predicted molar refractivity (Wildman–Crippen MR) is 79.4 cm³/mol. The van der Waals surface area contributed by atoms with Crippen LogP contribution in [0, 0.1) is 11.8 Å². The molecular weight excluding hydrogens is 353 g/mol. The number of hydrogen-bond acceptors (Lipinski definition) is 0. The highest BCUT2D eigenvalue weighted by Crippen LogP contribution is 2.42. The number of hydrogen-bond donors (Lipinski definition) is 0. The van der Waals surface area contributed by atoms with Crippen LogP contribution in [0.15, 0.2) is 24.3 Å². The molecule has 0 bridgehead atoms. The maximum Gasteiger partial charge on any atom is 0.391 e. The second kappa shape index (κ2) is 6.69. The van der Waals surface area contributed by atoms with Crippen molar-refractivity contribution in [2.75, 3.05) is 0 Å². The molecule has 1 unspecified atom stereocenters. The molecule has 0 aliphatic heterocycles. The average Bonchev–Trinajstić information content (AvgIpc) is 2.40. The van der Waals surface area contributed by atoms with Gasteiger partial charge >= 0.3 is 6.18 Å². The van der Waals surface area contributed by atoms with Crippen molar-refractivity contribution in [1.29, 1.82) is 0 Å². The Kier molecular flexibility index (Phi) is 5.41. The molecule has 5 heteroatoms. The summed E-state index contributed by atoms with van der Waals surface area (Å²) < 4.78 is 37.9. The van der Waals surface area contributed by atoms with Crippen molar-refractivity contribution < 1.29 is 13.2 Å². The second-order valence-corrected chi connectivity index (χ2v) is 7.11. The molecule has 1 aromatic rings. The normalized spacial score (nSPS) is 25.4. The monoisotopic (exact) mass is 368 g/mol. The quantitative estimate of drug-likeness (QED) is 0.572. The highest BCUT2D eigenvalue weighted by Gasteiger charge is 2.42. The van der Waals surface area contributed by atoms with Crippen LogP contribution in [0.5, 0.6) is 0 Å². The fourth-order valence-electron chi connectivity index (χ4n) is 2.82. The summed E-state index contributed by atoms with van der Waals surface area (Å²) in [4.78, 5) is 0.234. The maximum absolute atomic E-state index is 12.6. The summed E-state index contributed by atoms with van der Waals surface area (Å²) in [5.74, 6) is -0.779. The van der Waals surface area contributed by atoms with Gasteiger partial charge in [0, 0.05) is 9.85 Å². The zero-order chi connectivity index (χ0) is 14.8. The summed E-state index contributed by atoms with van der Waals surface area (Å²) in [5.41, 5.74) is 1.16. The smallest absolute Gasteiger partial charge is 0.171 e. The SMILES string of the molecule is FC(F)(F)C1CCC(C(Br)Cc2ccc(Cl)cc2)CC1. The van der Waals surface area contributed by atoms with E-state index in [9.17, 15) is 13.2 Å². The molecule has 1 aliphatic rings. The van der Waals surface area contributed by atoms with Gasteiger partial charge in [0.15, 0.2) is 0 Å². The van der Waals surface area contributed by atoms with E-state index in [0.29, 0.717) is 23.8 Å². The van der Waals surface area contributed by atoms with Gasteiger partial charge in [-0.05, 0) is 55.7 Å². The molecule has 0 heterocycles. The molecule has 0 N–H and O–H groups in total. The van der Waals surface area contributed by atoms with Crippen LogP contribution in [0.25, 0.3) is 0 Å². The fraction of sp³-hybridized carbons (Fsp3) is 0.600. The Bertz CT molecular complexity index is 422. The van der Waals surface area contributed by atoms with E-state index in [2.05, 4.69) is 15.9 Å². The Balaban J connectivity index is 1.85. The van der Waals surface area contributed by atoms with E-state index in [1.165, 1.54) is 0 Å². The van der Waals surface area contributed by atoms with E-state index in [0.717, 1.165) is 12.0 Å². The molecular formula is C15H17BrClF3. The summed E-state index contributed by atoms with van der Waals surface area (Å²) in [6.07, 6.45) is -1.38. The van der Waals surface area contributed by atoms with Crippen molar-refractivity contribution in [2.24, 2.45) is 11.8 Å². The highest BCUT2D eigenvalue weighted by atomic mass is 79.9. The summed E-state index contributed by atoms with van der Waals surface area (Å²) in [7, 11) is 0. The Labute approximate surface area is 130 Å². The molecule has 0 amide bonds. The number of rotatable bonds is 3. The van der Waals surface area contributed by atoms with Gasteiger partial charge in [0.05, 0.1) is 5.92 Å².